The number of primary amides is 2. The van der Waals surface area contributed by atoms with E-state index in [-0.39, 0.29) is 11.4 Å². The molecule has 0 atom stereocenters. The highest BCUT2D eigenvalue weighted by atomic mass is 35.5. The number of nitrogens with one attached hydrogen (secondary N) is 2. The van der Waals surface area contributed by atoms with Crippen molar-refractivity contribution in [1.29, 1.82) is 0 Å². The fourth-order valence-electron chi connectivity index (χ4n) is 2.00. The number of ether oxygens (including phenoxy) is 1. The lowest BCUT2D eigenvalue weighted by molar-refractivity contribution is 0.100. The van der Waals surface area contributed by atoms with Gasteiger partial charge in [0.2, 0.25) is 0 Å². The van der Waals surface area contributed by atoms with E-state index in [1.54, 1.807) is 24.3 Å². The zero-order chi connectivity index (χ0) is 17.0. The zero-order valence-corrected chi connectivity index (χ0v) is 12.8. The number of hydrogen-bond acceptors (Lipinski definition) is 3. The molecular weight excluding hydrogens is 320 g/mol. The Labute approximate surface area is 137 Å². The van der Waals surface area contributed by atoms with Crippen LogP contribution in [0.15, 0.2) is 36.9 Å². The van der Waals surface area contributed by atoms with Crippen molar-refractivity contribution in [2.24, 2.45) is 11.5 Å². The number of urea groups is 1. The van der Waals surface area contributed by atoms with Crippen molar-refractivity contribution in [3.8, 4) is 17.0 Å². The van der Waals surface area contributed by atoms with Gasteiger partial charge in [-0.3, -0.25) is 10.1 Å². The van der Waals surface area contributed by atoms with Crippen molar-refractivity contribution in [3.63, 3.8) is 0 Å². The highest BCUT2D eigenvalue weighted by molar-refractivity contribution is 6.31. The second-order valence-electron chi connectivity index (χ2n) is 4.57. The van der Waals surface area contributed by atoms with Crippen LogP contribution in [0.2, 0.25) is 5.02 Å². The van der Waals surface area contributed by atoms with Crippen molar-refractivity contribution < 1.29 is 14.3 Å². The van der Waals surface area contributed by atoms with Crippen LogP contribution in [0.1, 0.15) is 10.4 Å². The molecule has 0 fully saturated rings. The maximum absolute atomic E-state index is 11.5. The van der Waals surface area contributed by atoms with E-state index >= 15 is 0 Å². The first kappa shape index (κ1) is 16.4. The molecule has 3 amide bonds. The van der Waals surface area contributed by atoms with Crippen molar-refractivity contribution in [2.45, 2.75) is 0 Å². The van der Waals surface area contributed by atoms with Crippen LogP contribution >= 0.6 is 11.6 Å². The SMILES string of the molecule is C=CCOc1ccc(Cl)cc1-c1cc(C(N)=O)c(NC(N)=O)[nH]1. The van der Waals surface area contributed by atoms with Crippen LogP contribution in [0, 0.1) is 0 Å². The number of aromatic amines is 1. The van der Waals surface area contributed by atoms with Gasteiger partial charge in [-0.25, -0.2) is 4.79 Å². The highest BCUT2D eigenvalue weighted by Crippen LogP contribution is 2.34. The maximum atomic E-state index is 11.5. The topological polar surface area (TPSA) is 123 Å². The van der Waals surface area contributed by atoms with Crippen molar-refractivity contribution in [1.82, 2.24) is 4.98 Å². The number of amides is 3. The van der Waals surface area contributed by atoms with Crippen LogP contribution in [-0.4, -0.2) is 23.5 Å². The number of H-pyrrole nitrogens is 1. The Balaban J connectivity index is 2.52. The number of carbonyl (C=O) groups excluding carboxylic acids is 2. The molecular formula is C15H15ClN4O3. The molecule has 0 unspecified atom stereocenters. The van der Waals surface area contributed by atoms with E-state index in [2.05, 4.69) is 16.9 Å². The molecule has 23 heavy (non-hydrogen) atoms. The van der Waals surface area contributed by atoms with Gasteiger partial charge in [0.25, 0.3) is 5.91 Å². The monoisotopic (exact) mass is 334 g/mol. The number of anilines is 1. The molecule has 120 valence electrons. The maximum Gasteiger partial charge on any atom is 0.317 e. The van der Waals surface area contributed by atoms with Crippen LogP contribution in [0.4, 0.5) is 10.6 Å². The summed E-state index contributed by atoms with van der Waals surface area (Å²) in [5.41, 5.74) is 11.6. The molecule has 0 aliphatic carbocycles. The summed E-state index contributed by atoms with van der Waals surface area (Å²) in [5.74, 6) is -0.0846. The van der Waals surface area contributed by atoms with E-state index in [1.165, 1.54) is 6.07 Å². The third-order valence-electron chi connectivity index (χ3n) is 2.92. The molecule has 1 aromatic heterocycles. The van der Waals surface area contributed by atoms with Gasteiger partial charge in [0.15, 0.2) is 0 Å². The molecule has 7 nitrogen and oxygen atoms in total. The van der Waals surface area contributed by atoms with E-state index in [9.17, 15) is 9.59 Å². The third kappa shape index (κ3) is 3.83. The van der Waals surface area contributed by atoms with Crippen LogP contribution in [0.3, 0.4) is 0 Å². The fourth-order valence-corrected chi connectivity index (χ4v) is 2.18. The number of halogens is 1. The second-order valence-corrected chi connectivity index (χ2v) is 5.00. The molecule has 6 N–H and O–H groups in total. The van der Waals surface area contributed by atoms with Gasteiger partial charge in [0.05, 0.1) is 11.3 Å². The summed E-state index contributed by atoms with van der Waals surface area (Å²) in [6.45, 7) is 3.88. The molecule has 0 radical (unpaired) electrons. The van der Waals surface area contributed by atoms with Crippen LogP contribution in [-0.2, 0) is 0 Å². The molecule has 0 bridgehead atoms. The van der Waals surface area contributed by atoms with Crippen molar-refractivity contribution >= 4 is 29.4 Å². The molecule has 0 aliphatic heterocycles. The van der Waals surface area contributed by atoms with E-state index in [4.69, 9.17) is 27.8 Å². The fraction of sp³-hybridized carbons (Fsp3) is 0.0667. The number of aromatic nitrogens is 1. The molecule has 0 aliphatic rings. The molecule has 2 aromatic rings. The molecule has 8 heteroatoms. The highest BCUT2D eigenvalue weighted by Gasteiger charge is 2.17. The minimum atomic E-state index is -0.824. The van der Waals surface area contributed by atoms with E-state index in [0.717, 1.165) is 0 Å². The lowest BCUT2D eigenvalue weighted by Gasteiger charge is -2.09. The Morgan fingerprint density at radius 1 is 1.35 bits per heavy atom. The number of hydrogen-bond donors (Lipinski definition) is 4. The zero-order valence-electron chi connectivity index (χ0n) is 12.1. The average Bonchev–Trinajstić information content (AvgIpc) is 2.89. The summed E-state index contributed by atoms with van der Waals surface area (Å²) in [6, 6.07) is 5.68. The van der Waals surface area contributed by atoms with Gasteiger partial charge >= 0.3 is 6.03 Å². The Kier molecular flexibility index (Phi) is 4.92. The summed E-state index contributed by atoms with van der Waals surface area (Å²) in [5, 5.41) is 2.79. The second kappa shape index (κ2) is 6.89. The lowest BCUT2D eigenvalue weighted by atomic mass is 10.1. The summed E-state index contributed by atoms with van der Waals surface area (Å²) in [7, 11) is 0. The number of benzene rings is 1. The standard InChI is InChI=1S/C15H15ClN4O3/c1-2-5-23-12-4-3-8(16)6-9(12)11-7-10(13(17)21)14(19-11)20-15(18)22/h2-4,6-7,19H,1,5H2,(H2,17,21)(H3,18,20,22). The Hall–Kier alpha value is -2.93. The van der Waals surface area contributed by atoms with Gasteiger partial charge in [0.1, 0.15) is 18.2 Å². The van der Waals surface area contributed by atoms with Gasteiger partial charge < -0.3 is 21.2 Å². The van der Waals surface area contributed by atoms with Gasteiger partial charge in [0, 0.05) is 10.6 Å². The van der Waals surface area contributed by atoms with Crippen LogP contribution in [0.5, 0.6) is 5.75 Å². The largest absolute Gasteiger partial charge is 0.489 e. The predicted molar refractivity (Wildman–Crippen MR) is 88.7 cm³/mol. The van der Waals surface area contributed by atoms with Gasteiger partial charge in [-0.15, -0.1) is 0 Å². The molecule has 1 aromatic carbocycles. The average molecular weight is 335 g/mol. The number of nitrogens with two attached hydrogens (primary N) is 2. The summed E-state index contributed by atoms with van der Waals surface area (Å²) < 4.78 is 5.56. The first-order valence-corrected chi connectivity index (χ1v) is 6.93. The van der Waals surface area contributed by atoms with E-state index in [1.807, 2.05) is 0 Å². The summed E-state index contributed by atoms with van der Waals surface area (Å²) >= 11 is 6.02. The summed E-state index contributed by atoms with van der Waals surface area (Å²) in [6.07, 6.45) is 1.60. The summed E-state index contributed by atoms with van der Waals surface area (Å²) in [4.78, 5) is 25.4. The first-order chi connectivity index (χ1) is 10.9. The molecule has 0 saturated heterocycles. The van der Waals surface area contributed by atoms with E-state index < -0.39 is 11.9 Å². The van der Waals surface area contributed by atoms with Gasteiger partial charge in [-0.1, -0.05) is 24.3 Å². The van der Waals surface area contributed by atoms with Gasteiger partial charge in [-0.2, -0.15) is 0 Å². The first-order valence-electron chi connectivity index (χ1n) is 6.55. The number of rotatable bonds is 6. The minimum absolute atomic E-state index is 0.0912. The molecule has 1 heterocycles. The third-order valence-corrected chi connectivity index (χ3v) is 3.15. The minimum Gasteiger partial charge on any atom is -0.489 e. The van der Waals surface area contributed by atoms with Crippen molar-refractivity contribution in [3.05, 3.63) is 47.5 Å². The number of carbonyl (C=O) groups is 2. The van der Waals surface area contributed by atoms with E-state index in [0.29, 0.717) is 28.6 Å². The smallest absolute Gasteiger partial charge is 0.317 e. The Morgan fingerprint density at radius 2 is 2.09 bits per heavy atom. The van der Waals surface area contributed by atoms with Crippen molar-refractivity contribution in [2.75, 3.05) is 11.9 Å². The van der Waals surface area contributed by atoms with Crippen LogP contribution < -0.4 is 21.5 Å². The Morgan fingerprint density at radius 3 is 2.70 bits per heavy atom. The molecule has 0 spiro atoms. The predicted octanol–water partition coefficient (Wildman–Crippen LogP) is 2.49. The molecule has 0 saturated carbocycles. The lowest BCUT2D eigenvalue weighted by Crippen LogP contribution is -2.22. The van der Waals surface area contributed by atoms with Gasteiger partial charge in [-0.05, 0) is 24.3 Å². The Bertz CT molecular complexity index is 770. The van der Waals surface area contributed by atoms with Crippen LogP contribution in [0.25, 0.3) is 11.3 Å². The molecule has 2 rings (SSSR count). The quantitative estimate of drug-likeness (QED) is 0.607. The normalized spacial score (nSPS) is 10.1.